The summed E-state index contributed by atoms with van der Waals surface area (Å²) in [7, 11) is 0. The minimum Gasteiger partial charge on any atom is -0.351 e. The minimum atomic E-state index is -1.04. The summed E-state index contributed by atoms with van der Waals surface area (Å²) in [6.07, 6.45) is 5.11. The van der Waals surface area contributed by atoms with Gasteiger partial charge in [0.1, 0.15) is 0 Å². The highest BCUT2D eigenvalue weighted by molar-refractivity contribution is 7.99. The Morgan fingerprint density at radius 3 is 2.77 bits per heavy atom. The van der Waals surface area contributed by atoms with Gasteiger partial charge in [-0.05, 0) is 36.4 Å². The molecule has 1 aliphatic rings. The van der Waals surface area contributed by atoms with E-state index in [1.165, 1.54) is 0 Å². The normalized spacial score (nSPS) is 20.6. The summed E-state index contributed by atoms with van der Waals surface area (Å²) in [6, 6.07) is 12.1. The molecule has 0 saturated carbocycles. The number of nitrogens with two attached hydrogens (primary N) is 1. The first-order chi connectivity index (χ1) is 14.9. The summed E-state index contributed by atoms with van der Waals surface area (Å²) in [5.41, 5.74) is 6.51. The number of nitrogens with zero attached hydrogens (tertiary/aromatic N) is 2. The second kappa shape index (κ2) is 9.50. The number of primary amides is 1. The summed E-state index contributed by atoms with van der Waals surface area (Å²) in [6.45, 7) is 0.824. The SMILES string of the molecule is NC(=O)Nc1ccc(SC[C@@H]2CO[C@@](Cn3ccnc3)(c3ccc(Cl)cc3Cl)O2)cc1. The highest BCUT2D eigenvalue weighted by Crippen LogP contribution is 2.41. The third-order valence-electron chi connectivity index (χ3n) is 4.71. The molecule has 0 bridgehead atoms. The number of hydrogen-bond acceptors (Lipinski definition) is 5. The van der Waals surface area contributed by atoms with Crippen LogP contribution in [0.2, 0.25) is 10.0 Å². The summed E-state index contributed by atoms with van der Waals surface area (Å²) < 4.78 is 14.5. The van der Waals surface area contributed by atoms with Crippen LogP contribution < -0.4 is 11.1 Å². The van der Waals surface area contributed by atoms with Crippen molar-refractivity contribution < 1.29 is 14.3 Å². The van der Waals surface area contributed by atoms with Crippen LogP contribution in [0.25, 0.3) is 0 Å². The smallest absolute Gasteiger partial charge is 0.316 e. The standard InChI is InChI=1S/C21H20Cl2N4O3S/c22-14-1-6-18(19(23)9-14)21(12-27-8-7-25-13-27)29-10-16(30-21)11-31-17-4-2-15(3-5-17)26-20(24)28/h1-9,13,16H,10-12H2,(H3,24,26,28)/t16-,21+/m0/s1. The number of thioether (sulfide) groups is 1. The molecule has 162 valence electrons. The molecule has 1 aromatic heterocycles. The number of nitrogens with one attached hydrogen (secondary N) is 1. The summed E-state index contributed by atoms with van der Waals surface area (Å²) >= 11 is 14.2. The van der Waals surface area contributed by atoms with Crippen LogP contribution in [0.5, 0.6) is 0 Å². The Morgan fingerprint density at radius 1 is 1.29 bits per heavy atom. The summed E-state index contributed by atoms with van der Waals surface area (Å²) in [4.78, 5) is 16.1. The number of anilines is 1. The van der Waals surface area contributed by atoms with Gasteiger partial charge in [0.2, 0.25) is 5.79 Å². The fraction of sp³-hybridized carbons (Fsp3) is 0.238. The van der Waals surface area contributed by atoms with Crippen molar-refractivity contribution in [3.63, 3.8) is 0 Å². The molecule has 1 saturated heterocycles. The lowest BCUT2D eigenvalue weighted by molar-refractivity contribution is -0.184. The van der Waals surface area contributed by atoms with Gasteiger partial charge in [0.15, 0.2) is 0 Å². The van der Waals surface area contributed by atoms with E-state index in [4.69, 9.17) is 38.4 Å². The van der Waals surface area contributed by atoms with Crippen LogP contribution in [0.1, 0.15) is 5.56 Å². The maximum atomic E-state index is 10.9. The van der Waals surface area contributed by atoms with E-state index in [0.29, 0.717) is 34.6 Å². The van der Waals surface area contributed by atoms with Gasteiger partial charge >= 0.3 is 6.03 Å². The van der Waals surface area contributed by atoms with Crippen molar-refractivity contribution in [2.45, 2.75) is 23.3 Å². The first-order valence-electron chi connectivity index (χ1n) is 9.46. The van der Waals surface area contributed by atoms with Gasteiger partial charge in [-0.2, -0.15) is 0 Å². The van der Waals surface area contributed by atoms with Crippen LogP contribution in [-0.2, 0) is 21.8 Å². The molecule has 0 spiro atoms. The highest BCUT2D eigenvalue weighted by Gasteiger charge is 2.45. The van der Waals surface area contributed by atoms with Gasteiger partial charge in [-0.25, -0.2) is 9.78 Å². The lowest BCUT2D eigenvalue weighted by Gasteiger charge is -2.30. The fourth-order valence-corrected chi connectivity index (χ4v) is 4.76. The first-order valence-corrected chi connectivity index (χ1v) is 11.2. The van der Waals surface area contributed by atoms with Crippen LogP contribution in [0.4, 0.5) is 10.5 Å². The van der Waals surface area contributed by atoms with Crippen LogP contribution in [0, 0.1) is 0 Å². The zero-order valence-corrected chi connectivity index (χ0v) is 18.7. The molecule has 7 nitrogen and oxygen atoms in total. The Hall–Kier alpha value is -2.23. The third kappa shape index (κ3) is 5.34. The molecule has 0 radical (unpaired) electrons. The second-order valence-electron chi connectivity index (χ2n) is 6.99. The topological polar surface area (TPSA) is 91.4 Å². The van der Waals surface area contributed by atoms with Gasteiger partial charge in [-0.15, -0.1) is 11.8 Å². The van der Waals surface area contributed by atoms with Crippen LogP contribution in [-0.4, -0.2) is 34.0 Å². The molecule has 2 aromatic carbocycles. The van der Waals surface area contributed by atoms with Crippen molar-refractivity contribution in [2.75, 3.05) is 17.7 Å². The minimum absolute atomic E-state index is 0.149. The Kier molecular flexibility index (Phi) is 6.74. The number of ether oxygens (including phenoxy) is 2. The summed E-state index contributed by atoms with van der Waals surface area (Å²) in [5, 5.41) is 3.58. The van der Waals surface area contributed by atoms with E-state index >= 15 is 0 Å². The van der Waals surface area contributed by atoms with Crippen molar-refractivity contribution in [1.29, 1.82) is 0 Å². The number of amides is 2. The maximum Gasteiger partial charge on any atom is 0.316 e. The zero-order chi connectivity index (χ0) is 21.8. The predicted molar refractivity (Wildman–Crippen MR) is 122 cm³/mol. The quantitative estimate of drug-likeness (QED) is 0.478. The molecule has 1 fully saturated rings. The number of benzene rings is 2. The van der Waals surface area contributed by atoms with Gasteiger partial charge in [-0.3, -0.25) is 0 Å². The first kappa shape index (κ1) is 22.0. The largest absolute Gasteiger partial charge is 0.351 e. The Labute approximate surface area is 193 Å². The maximum absolute atomic E-state index is 10.9. The van der Waals surface area contributed by atoms with E-state index in [0.717, 1.165) is 10.5 Å². The van der Waals surface area contributed by atoms with E-state index in [2.05, 4.69) is 10.3 Å². The van der Waals surface area contributed by atoms with Crippen molar-refractivity contribution in [1.82, 2.24) is 9.55 Å². The number of urea groups is 1. The number of rotatable bonds is 7. The lowest BCUT2D eigenvalue weighted by Crippen LogP contribution is -2.34. The number of imidazole rings is 1. The molecule has 0 unspecified atom stereocenters. The number of aromatic nitrogens is 2. The molecule has 3 N–H and O–H groups in total. The van der Waals surface area contributed by atoms with Crippen LogP contribution >= 0.6 is 35.0 Å². The van der Waals surface area contributed by atoms with Crippen molar-refractivity contribution in [3.8, 4) is 0 Å². The van der Waals surface area contributed by atoms with Crippen molar-refractivity contribution >= 4 is 46.7 Å². The zero-order valence-electron chi connectivity index (χ0n) is 16.3. The number of hydrogen-bond donors (Lipinski definition) is 2. The fourth-order valence-electron chi connectivity index (χ4n) is 3.34. The molecule has 1 aliphatic heterocycles. The molecular weight excluding hydrogens is 459 g/mol. The molecule has 4 rings (SSSR count). The van der Waals surface area contributed by atoms with Crippen molar-refractivity contribution in [3.05, 3.63) is 76.8 Å². The van der Waals surface area contributed by atoms with Crippen LogP contribution in [0.15, 0.2) is 66.1 Å². The van der Waals surface area contributed by atoms with E-state index in [-0.39, 0.29) is 6.10 Å². The average Bonchev–Trinajstić information content (AvgIpc) is 3.38. The van der Waals surface area contributed by atoms with Gasteiger partial charge in [-0.1, -0.05) is 29.3 Å². The second-order valence-corrected chi connectivity index (χ2v) is 8.92. The predicted octanol–water partition coefficient (Wildman–Crippen LogP) is 4.74. The monoisotopic (exact) mass is 478 g/mol. The molecule has 10 heteroatoms. The van der Waals surface area contributed by atoms with Gasteiger partial charge in [0.05, 0.1) is 30.6 Å². The van der Waals surface area contributed by atoms with E-state index in [9.17, 15) is 4.79 Å². The van der Waals surface area contributed by atoms with Gasteiger partial charge < -0.3 is 25.1 Å². The van der Waals surface area contributed by atoms with E-state index < -0.39 is 11.8 Å². The number of carbonyl (C=O) groups excluding carboxylic acids is 1. The van der Waals surface area contributed by atoms with Gasteiger partial charge in [0, 0.05) is 39.3 Å². The molecule has 31 heavy (non-hydrogen) atoms. The van der Waals surface area contributed by atoms with Crippen LogP contribution in [0.3, 0.4) is 0 Å². The molecular formula is C21H20Cl2N4O3S. The lowest BCUT2D eigenvalue weighted by atomic mass is 10.1. The molecule has 3 aromatic rings. The molecule has 0 aliphatic carbocycles. The molecule has 2 atom stereocenters. The third-order valence-corrected chi connectivity index (χ3v) is 6.40. The number of halogens is 2. The molecule has 2 heterocycles. The molecule has 2 amide bonds. The Balaban J connectivity index is 1.47. The highest BCUT2D eigenvalue weighted by atomic mass is 35.5. The number of carbonyl (C=O) groups is 1. The summed E-state index contributed by atoms with van der Waals surface area (Å²) in [5.74, 6) is -0.359. The van der Waals surface area contributed by atoms with E-state index in [1.54, 1.807) is 48.6 Å². The average molecular weight is 479 g/mol. The Bertz CT molecular complexity index is 1050. The van der Waals surface area contributed by atoms with E-state index in [1.807, 2.05) is 29.0 Å². The Morgan fingerprint density at radius 2 is 2.10 bits per heavy atom. The van der Waals surface area contributed by atoms with Gasteiger partial charge in [0.25, 0.3) is 0 Å². The van der Waals surface area contributed by atoms with Crippen molar-refractivity contribution in [2.24, 2.45) is 5.73 Å².